The van der Waals surface area contributed by atoms with Gasteiger partial charge in [-0.25, -0.2) is 0 Å². The Hall–Kier alpha value is -2.04. The molecular weight excluding hydrogens is 246 g/mol. The van der Waals surface area contributed by atoms with Crippen molar-refractivity contribution in [3.8, 4) is 5.75 Å². The van der Waals surface area contributed by atoms with Crippen molar-refractivity contribution in [1.29, 1.82) is 0 Å². The third-order valence-electron chi connectivity index (χ3n) is 2.73. The van der Waals surface area contributed by atoms with Crippen LogP contribution in [0, 0.1) is 0 Å². The molecule has 0 saturated carbocycles. The minimum absolute atomic E-state index is 0.0653. The summed E-state index contributed by atoms with van der Waals surface area (Å²) in [6, 6.07) is 6.74. The first-order chi connectivity index (χ1) is 8.99. The van der Waals surface area contributed by atoms with Gasteiger partial charge < -0.3 is 14.4 Å². The van der Waals surface area contributed by atoms with E-state index in [9.17, 15) is 9.59 Å². The van der Waals surface area contributed by atoms with E-state index in [-0.39, 0.29) is 18.5 Å². The van der Waals surface area contributed by atoms with Crippen molar-refractivity contribution in [1.82, 2.24) is 4.90 Å². The summed E-state index contributed by atoms with van der Waals surface area (Å²) in [6.45, 7) is 3.63. The molecule has 0 atom stereocenters. The first-order valence-corrected chi connectivity index (χ1v) is 6.01. The minimum atomic E-state index is -0.440. The molecule has 104 valence electrons. The molecule has 0 aliphatic heterocycles. The lowest BCUT2D eigenvalue weighted by Crippen LogP contribution is -2.41. The maximum atomic E-state index is 12.4. The van der Waals surface area contributed by atoms with E-state index in [0.717, 1.165) is 0 Å². The van der Waals surface area contributed by atoms with Crippen molar-refractivity contribution in [2.24, 2.45) is 0 Å². The van der Waals surface area contributed by atoms with Crippen molar-refractivity contribution >= 4 is 11.9 Å². The average molecular weight is 265 g/mol. The second-order valence-electron chi connectivity index (χ2n) is 4.33. The predicted molar refractivity (Wildman–Crippen MR) is 71.2 cm³/mol. The Bertz CT molecular complexity index is 457. The molecule has 0 heterocycles. The van der Waals surface area contributed by atoms with Crippen LogP contribution in [-0.4, -0.2) is 43.6 Å². The van der Waals surface area contributed by atoms with Gasteiger partial charge in [0.05, 0.1) is 14.2 Å². The monoisotopic (exact) mass is 265 g/mol. The van der Waals surface area contributed by atoms with Crippen LogP contribution < -0.4 is 4.74 Å². The number of methoxy groups -OCH3 is 2. The predicted octanol–water partition coefficient (Wildman–Crippen LogP) is 1.72. The maximum absolute atomic E-state index is 12.4. The van der Waals surface area contributed by atoms with Crippen LogP contribution in [0.2, 0.25) is 0 Å². The van der Waals surface area contributed by atoms with Crippen LogP contribution >= 0.6 is 0 Å². The van der Waals surface area contributed by atoms with E-state index in [0.29, 0.717) is 11.3 Å². The number of benzene rings is 1. The van der Waals surface area contributed by atoms with Gasteiger partial charge in [0.2, 0.25) is 0 Å². The van der Waals surface area contributed by atoms with E-state index in [2.05, 4.69) is 4.74 Å². The molecule has 1 amide bonds. The Labute approximate surface area is 113 Å². The summed E-state index contributed by atoms with van der Waals surface area (Å²) < 4.78 is 9.69. The first kappa shape index (κ1) is 15.0. The lowest BCUT2D eigenvalue weighted by molar-refractivity contribution is -0.141. The van der Waals surface area contributed by atoms with Crippen LogP contribution in [0.4, 0.5) is 0 Å². The van der Waals surface area contributed by atoms with Gasteiger partial charge in [-0.3, -0.25) is 9.59 Å². The highest BCUT2D eigenvalue weighted by Gasteiger charge is 2.22. The van der Waals surface area contributed by atoms with E-state index >= 15 is 0 Å². The number of nitrogens with zero attached hydrogens (tertiary/aromatic N) is 1. The highest BCUT2D eigenvalue weighted by atomic mass is 16.5. The molecule has 0 bridgehead atoms. The van der Waals surface area contributed by atoms with Gasteiger partial charge in [0, 0.05) is 11.6 Å². The fraction of sp³-hybridized carbons (Fsp3) is 0.429. The molecule has 1 aromatic rings. The zero-order valence-corrected chi connectivity index (χ0v) is 11.7. The van der Waals surface area contributed by atoms with Crippen molar-refractivity contribution in [3.05, 3.63) is 29.8 Å². The summed E-state index contributed by atoms with van der Waals surface area (Å²) in [5.41, 5.74) is 0.483. The van der Waals surface area contributed by atoms with E-state index in [1.165, 1.54) is 19.1 Å². The second kappa shape index (κ2) is 6.78. The van der Waals surface area contributed by atoms with E-state index in [4.69, 9.17) is 4.74 Å². The number of rotatable bonds is 5. The van der Waals surface area contributed by atoms with Gasteiger partial charge in [-0.15, -0.1) is 0 Å². The Morgan fingerprint density at radius 3 is 2.47 bits per heavy atom. The Morgan fingerprint density at radius 2 is 1.95 bits per heavy atom. The van der Waals surface area contributed by atoms with Crippen LogP contribution in [0.5, 0.6) is 5.75 Å². The van der Waals surface area contributed by atoms with Gasteiger partial charge in [-0.2, -0.15) is 0 Å². The van der Waals surface area contributed by atoms with Crippen molar-refractivity contribution < 1.29 is 19.1 Å². The molecule has 0 radical (unpaired) electrons. The van der Waals surface area contributed by atoms with Gasteiger partial charge >= 0.3 is 5.97 Å². The van der Waals surface area contributed by atoms with Crippen LogP contribution in [0.3, 0.4) is 0 Å². The number of esters is 1. The van der Waals surface area contributed by atoms with Gasteiger partial charge in [0.25, 0.3) is 5.91 Å². The highest BCUT2D eigenvalue weighted by molar-refractivity contribution is 5.96. The smallest absolute Gasteiger partial charge is 0.325 e. The van der Waals surface area contributed by atoms with Gasteiger partial charge in [-0.05, 0) is 32.0 Å². The second-order valence-corrected chi connectivity index (χ2v) is 4.33. The summed E-state index contributed by atoms with van der Waals surface area (Å²) in [4.78, 5) is 25.2. The molecule has 0 fully saturated rings. The molecule has 0 spiro atoms. The number of hydrogen-bond donors (Lipinski definition) is 0. The van der Waals surface area contributed by atoms with E-state index in [1.807, 2.05) is 13.8 Å². The summed E-state index contributed by atoms with van der Waals surface area (Å²) in [5, 5.41) is 0. The first-order valence-electron chi connectivity index (χ1n) is 6.01. The fourth-order valence-corrected chi connectivity index (χ4v) is 1.61. The van der Waals surface area contributed by atoms with Crippen molar-refractivity contribution in [2.45, 2.75) is 19.9 Å². The van der Waals surface area contributed by atoms with Gasteiger partial charge in [0.15, 0.2) is 0 Å². The van der Waals surface area contributed by atoms with Crippen LogP contribution in [0.15, 0.2) is 24.3 Å². The van der Waals surface area contributed by atoms with Crippen molar-refractivity contribution in [2.75, 3.05) is 20.8 Å². The van der Waals surface area contributed by atoms with E-state index < -0.39 is 5.97 Å². The number of carbonyl (C=O) groups excluding carboxylic acids is 2. The van der Waals surface area contributed by atoms with E-state index in [1.54, 1.807) is 24.3 Å². The summed E-state index contributed by atoms with van der Waals surface area (Å²) >= 11 is 0. The lowest BCUT2D eigenvalue weighted by Gasteiger charge is -2.25. The standard InChI is InChI=1S/C14H19NO4/c1-10(2)15(9-13(16)19-4)14(17)11-6-5-7-12(8-11)18-3/h5-8,10H,9H2,1-4H3. The summed E-state index contributed by atoms with van der Waals surface area (Å²) in [5.74, 6) is -0.0585. The van der Waals surface area contributed by atoms with Gasteiger partial charge in [-0.1, -0.05) is 6.07 Å². The molecule has 0 unspecified atom stereocenters. The molecule has 0 N–H and O–H groups in total. The summed E-state index contributed by atoms with van der Waals surface area (Å²) in [7, 11) is 2.84. The van der Waals surface area contributed by atoms with Gasteiger partial charge in [0.1, 0.15) is 12.3 Å². The largest absolute Gasteiger partial charge is 0.497 e. The molecule has 19 heavy (non-hydrogen) atoms. The van der Waals surface area contributed by atoms with Crippen LogP contribution in [-0.2, 0) is 9.53 Å². The normalized spacial score (nSPS) is 10.2. The summed E-state index contributed by atoms with van der Waals surface area (Å²) in [6.07, 6.45) is 0. The topological polar surface area (TPSA) is 55.8 Å². The Balaban J connectivity index is 2.95. The molecule has 5 nitrogen and oxygen atoms in total. The zero-order chi connectivity index (χ0) is 14.4. The van der Waals surface area contributed by atoms with Crippen LogP contribution in [0.25, 0.3) is 0 Å². The highest BCUT2D eigenvalue weighted by Crippen LogP contribution is 2.15. The minimum Gasteiger partial charge on any atom is -0.497 e. The lowest BCUT2D eigenvalue weighted by atomic mass is 10.1. The number of hydrogen-bond acceptors (Lipinski definition) is 4. The Kier molecular flexibility index (Phi) is 5.36. The number of ether oxygens (including phenoxy) is 2. The molecular formula is C14H19NO4. The molecule has 1 aromatic carbocycles. The molecule has 0 aliphatic carbocycles. The quantitative estimate of drug-likeness (QED) is 0.761. The Morgan fingerprint density at radius 1 is 1.26 bits per heavy atom. The average Bonchev–Trinajstić information content (AvgIpc) is 2.43. The molecule has 5 heteroatoms. The maximum Gasteiger partial charge on any atom is 0.325 e. The molecule has 0 aromatic heterocycles. The number of amides is 1. The molecule has 0 saturated heterocycles. The zero-order valence-electron chi connectivity index (χ0n) is 11.7. The molecule has 0 aliphatic rings. The fourth-order valence-electron chi connectivity index (χ4n) is 1.61. The third-order valence-corrected chi connectivity index (χ3v) is 2.73. The number of carbonyl (C=O) groups is 2. The third kappa shape index (κ3) is 3.98. The SMILES string of the molecule is COC(=O)CN(C(=O)c1cccc(OC)c1)C(C)C. The van der Waals surface area contributed by atoms with Crippen molar-refractivity contribution in [3.63, 3.8) is 0 Å². The molecule has 1 rings (SSSR count). The van der Waals surface area contributed by atoms with Crippen LogP contribution in [0.1, 0.15) is 24.2 Å².